The number of alkyl halides is 3. The second kappa shape index (κ2) is 7.95. The van der Waals surface area contributed by atoms with E-state index < -0.39 is 29.3 Å². The van der Waals surface area contributed by atoms with Gasteiger partial charge >= 0.3 is 12.3 Å². The van der Waals surface area contributed by atoms with E-state index in [1.165, 1.54) is 6.92 Å². The van der Waals surface area contributed by atoms with Crippen molar-refractivity contribution in [2.75, 3.05) is 18.0 Å². The molecule has 1 N–H and O–H groups in total. The maximum atomic E-state index is 12.9. The summed E-state index contributed by atoms with van der Waals surface area (Å²) < 4.78 is 43.6. The SMILES string of the molecule is CC(=O)N(CCNC(=O)OC(C)(C)C)c1cc(C(F)(F)F)ccc1Cl. The molecule has 0 bridgehead atoms. The molecule has 25 heavy (non-hydrogen) atoms. The molecule has 0 aliphatic rings. The predicted octanol–water partition coefficient (Wildman–Crippen LogP) is 4.24. The maximum Gasteiger partial charge on any atom is 0.416 e. The fourth-order valence-corrected chi connectivity index (χ4v) is 2.15. The first kappa shape index (κ1) is 21.1. The summed E-state index contributed by atoms with van der Waals surface area (Å²) in [6.07, 6.45) is -5.25. The molecule has 5 nitrogen and oxygen atoms in total. The Hall–Kier alpha value is -1.96. The monoisotopic (exact) mass is 380 g/mol. The number of ether oxygens (including phenoxy) is 1. The summed E-state index contributed by atoms with van der Waals surface area (Å²) in [4.78, 5) is 24.5. The van der Waals surface area contributed by atoms with Gasteiger partial charge in [0.25, 0.3) is 0 Å². The van der Waals surface area contributed by atoms with Crippen LogP contribution in [-0.4, -0.2) is 30.7 Å². The zero-order valence-electron chi connectivity index (χ0n) is 14.3. The number of halogens is 4. The van der Waals surface area contributed by atoms with Gasteiger partial charge in [0.1, 0.15) is 5.60 Å². The van der Waals surface area contributed by atoms with E-state index in [1.54, 1.807) is 20.8 Å². The Kier molecular flexibility index (Phi) is 6.70. The first-order valence-electron chi connectivity index (χ1n) is 7.43. The molecule has 0 fully saturated rings. The van der Waals surface area contributed by atoms with E-state index in [0.717, 1.165) is 23.1 Å². The number of alkyl carbamates (subject to hydrolysis) is 1. The molecule has 0 saturated heterocycles. The average molecular weight is 381 g/mol. The van der Waals surface area contributed by atoms with Gasteiger partial charge in [0.05, 0.1) is 16.3 Å². The van der Waals surface area contributed by atoms with Gasteiger partial charge < -0.3 is 15.0 Å². The molecule has 0 heterocycles. The van der Waals surface area contributed by atoms with E-state index in [2.05, 4.69) is 5.32 Å². The Morgan fingerprint density at radius 3 is 2.32 bits per heavy atom. The first-order chi connectivity index (χ1) is 11.3. The van der Waals surface area contributed by atoms with Crippen LogP contribution < -0.4 is 10.2 Å². The van der Waals surface area contributed by atoms with Crippen LogP contribution in [-0.2, 0) is 15.7 Å². The van der Waals surface area contributed by atoms with Crippen molar-refractivity contribution in [3.8, 4) is 0 Å². The topological polar surface area (TPSA) is 58.6 Å². The molecule has 0 aliphatic carbocycles. The van der Waals surface area contributed by atoms with Gasteiger partial charge in [-0.05, 0) is 39.0 Å². The van der Waals surface area contributed by atoms with Gasteiger partial charge in [-0.1, -0.05) is 11.6 Å². The molecule has 9 heteroatoms. The lowest BCUT2D eigenvalue weighted by Gasteiger charge is -2.24. The molecule has 0 saturated carbocycles. The number of hydrogen-bond acceptors (Lipinski definition) is 3. The van der Waals surface area contributed by atoms with Crippen molar-refractivity contribution in [3.63, 3.8) is 0 Å². The molecule has 0 aliphatic heterocycles. The van der Waals surface area contributed by atoms with Crippen LogP contribution in [0.5, 0.6) is 0 Å². The number of carbonyl (C=O) groups is 2. The molecule has 0 spiro atoms. The van der Waals surface area contributed by atoms with Crippen molar-refractivity contribution in [1.29, 1.82) is 0 Å². The average Bonchev–Trinajstić information content (AvgIpc) is 2.41. The predicted molar refractivity (Wildman–Crippen MR) is 88.7 cm³/mol. The number of benzene rings is 1. The Morgan fingerprint density at radius 2 is 1.84 bits per heavy atom. The smallest absolute Gasteiger partial charge is 0.416 e. The van der Waals surface area contributed by atoms with Gasteiger partial charge in [0.15, 0.2) is 0 Å². The number of nitrogens with zero attached hydrogens (tertiary/aromatic N) is 1. The molecule has 0 unspecified atom stereocenters. The van der Waals surface area contributed by atoms with Gasteiger partial charge in [-0.15, -0.1) is 0 Å². The minimum Gasteiger partial charge on any atom is -0.444 e. The van der Waals surface area contributed by atoms with Crippen LogP contribution >= 0.6 is 11.6 Å². The normalized spacial score (nSPS) is 11.8. The zero-order valence-corrected chi connectivity index (χ0v) is 15.1. The minimum atomic E-state index is -4.56. The summed E-state index contributed by atoms with van der Waals surface area (Å²) in [6.45, 7) is 6.20. The number of carbonyl (C=O) groups excluding carboxylic acids is 2. The lowest BCUT2D eigenvalue weighted by atomic mass is 10.1. The summed E-state index contributed by atoms with van der Waals surface area (Å²) in [5.41, 5.74) is -1.68. The number of anilines is 1. The standard InChI is InChI=1S/C16H20ClF3N2O3/c1-10(23)22(8-7-21-14(24)25-15(2,3)4)13-9-11(16(18,19)20)5-6-12(13)17/h5-6,9H,7-8H2,1-4H3,(H,21,24). The fourth-order valence-electron chi connectivity index (χ4n) is 1.93. The Bertz CT molecular complexity index is 642. The van der Waals surface area contributed by atoms with E-state index >= 15 is 0 Å². The van der Waals surface area contributed by atoms with Crippen molar-refractivity contribution < 1.29 is 27.5 Å². The van der Waals surface area contributed by atoms with E-state index in [1.807, 2.05) is 0 Å². The molecule has 0 atom stereocenters. The molecule has 1 rings (SSSR count). The first-order valence-corrected chi connectivity index (χ1v) is 7.81. The molecule has 2 amide bonds. The molecule has 140 valence electrons. The van der Waals surface area contributed by atoms with Crippen molar-refractivity contribution in [2.24, 2.45) is 0 Å². The molecule has 1 aromatic carbocycles. The van der Waals surface area contributed by atoms with Crippen LogP contribution in [0.1, 0.15) is 33.3 Å². The lowest BCUT2D eigenvalue weighted by Crippen LogP contribution is -2.39. The van der Waals surface area contributed by atoms with Crippen LogP contribution in [0.25, 0.3) is 0 Å². The summed E-state index contributed by atoms with van der Waals surface area (Å²) in [7, 11) is 0. The number of nitrogens with one attached hydrogen (secondary N) is 1. The van der Waals surface area contributed by atoms with Crippen molar-refractivity contribution in [3.05, 3.63) is 28.8 Å². The maximum absolute atomic E-state index is 12.9. The fraction of sp³-hybridized carbons (Fsp3) is 0.500. The molecular formula is C16H20ClF3N2O3. The van der Waals surface area contributed by atoms with Crippen LogP contribution in [0.2, 0.25) is 5.02 Å². The zero-order chi connectivity index (χ0) is 19.4. The second-order valence-electron chi connectivity index (χ2n) is 6.26. The van der Waals surface area contributed by atoms with Crippen LogP contribution in [0.4, 0.5) is 23.7 Å². The summed E-state index contributed by atoms with van der Waals surface area (Å²) in [5, 5.41) is 2.44. The van der Waals surface area contributed by atoms with Crippen LogP contribution in [0, 0.1) is 0 Å². The third-order valence-electron chi connectivity index (χ3n) is 2.95. The highest BCUT2D eigenvalue weighted by molar-refractivity contribution is 6.33. The highest BCUT2D eigenvalue weighted by atomic mass is 35.5. The van der Waals surface area contributed by atoms with Gasteiger partial charge in [0.2, 0.25) is 5.91 Å². The van der Waals surface area contributed by atoms with Crippen molar-refractivity contribution >= 4 is 29.3 Å². The molecule has 0 aromatic heterocycles. The van der Waals surface area contributed by atoms with E-state index in [0.29, 0.717) is 0 Å². The Morgan fingerprint density at radius 1 is 1.24 bits per heavy atom. The number of hydrogen-bond donors (Lipinski definition) is 1. The largest absolute Gasteiger partial charge is 0.444 e. The van der Waals surface area contributed by atoms with Crippen LogP contribution in [0.3, 0.4) is 0 Å². The number of rotatable bonds is 4. The van der Waals surface area contributed by atoms with Gasteiger partial charge in [-0.2, -0.15) is 13.2 Å². The van der Waals surface area contributed by atoms with Gasteiger partial charge in [0, 0.05) is 20.0 Å². The summed E-state index contributed by atoms with van der Waals surface area (Å²) >= 11 is 5.94. The highest BCUT2D eigenvalue weighted by Crippen LogP contribution is 2.35. The summed E-state index contributed by atoms with van der Waals surface area (Å²) in [5.74, 6) is -0.507. The van der Waals surface area contributed by atoms with Gasteiger partial charge in [-0.3, -0.25) is 4.79 Å². The highest BCUT2D eigenvalue weighted by Gasteiger charge is 2.32. The third kappa shape index (κ3) is 6.81. The molecule has 1 aromatic rings. The molecular weight excluding hydrogens is 361 g/mol. The Labute approximate surface area is 149 Å². The Balaban J connectivity index is 2.88. The van der Waals surface area contributed by atoms with Crippen LogP contribution in [0.15, 0.2) is 18.2 Å². The quantitative estimate of drug-likeness (QED) is 0.850. The number of amides is 2. The second-order valence-corrected chi connectivity index (χ2v) is 6.67. The third-order valence-corrected chi connectivity index (χ3v) is 3.27. The van der Waals surface area contributed by atoms with Crippen molar-refractivity contribution in [1.82, 2.24) is 5.32 Å². The summed E-state index contributed by atoms with van der Waals surface area (Å²) in [6, 6.07) is 2.72. The van der Waals surface area contributed by atoms with Gasteiger partial charge in [-0.25, -0.2) is 4.79 Å². The van der Waals surface area contributed by atoms with E-state index in [4.69, 9.17) is 16.3 Å². The minimum absolute atomic E-state index is 0.000433. The van der Waals surface area contributed by atoms with Crippen molar-refractivity contribution in [2.45, 2.75) is 39.5 Å². The van der Waals surface area contributed by atoms with E-state index in [-0.39, 0.29) is 23.8 Å². The van der Waals surface area contributed by atoms with E-state index in [9.17, 15) is 22.8 Å². The lowest BCUT2D eigenvalue weighted by molar-refractivity contribution is -0.137. The molecule has 0 radical (unpaired) electrons.